The molecule has 6 heteroatoms. The van der Waals surface area contributed by atoms with E-state index in [0.717, 1.165) is 27.4 Å². The zero-order chi connectivity index (χ0) is 16.8. The number of para-hydroxylation sites is 1. The molecule has 0 atom stereocenters. The molecule has 0 aliphatic rings. The van der Waals surface area contributed by atoms with Crippen molar-refractivity contribution in [3.8, 4) is 11.1 Å². The fraction of sp³-hybridized carbons (Fsp3) is 0.167. The zero-order valence-electron chi connectivity index (χ0n) is 13.4. The Hall–Kier alpha value is -3.15. The normalized spacial score (nSPS) is 11.6. The number of nitrogens with zero attached hydrogens (tertiary/aromatic N) is 3. The predicted molar refractivity (Wildman–Crippen MR) is 93.7 cm³/mol. The van der Waals surface area contributed by atoms with Gasteiger partial charge in [-0.3, -0.25) is 9.89 Å². The number of rotatable bonds is 3. The number of aromatic nitrogens is 4. The summed E-state index contributed by atoms with van der Waals surface area (Å²) in [6.45, 7) is 4.29. The lowest BCUT2D eigenvalue weighted by Crippen LogP contribution is -2.13. The van der Waals surface area contributed by atoms with Gasteiger partial charge in [-0.15, -0.1) is 0 Å². The number of aromatic amines is 1. The molecule has 120 valence electrons. The first-order valence-corrected chi connectivity index (χ1v) is 7.80. The van der Waals surface area contributed by atoms with Crippen LogP contribution in [0.25, 0.3) is 33.1 Å². The van der Waals surface area contributed by atoms with Gasteiger partial charge in [-0.25, -0.2) is 4.98 Å². The quantitative estimate of drug-likeness (QED) is 0.607. The number of hydrogen-bond donors (Lipinski definition) is 2. The SMILES string of the molecule is CC(C)n1cc(-c2cc(C(N)=O)nc3[nH]ncc23)c2ccccc21. The minimum atomic E-state index is -0.555. The molecule has 0 saturated heterocycles. The van der Waals surface area contributed by atoms with Gasteiger partial charge < -0.3 is 10.3 Å². The predicted octanol–water partition coefficient (Wildman–Crippen LogP) is 3.26. The summed E-state index contributed by atoms with van der Waals surface area (Å²) in [5.74, 6) is -0.555. The second-order valence-corrected chi connectivity index (χ2v) is 6.11. The summed E-state index contributed by atoms with van der Waals surface area (Å²) in [5, 5.41) is 8.88. The lowest BCUT2D eigenvalue weighted by atomic mass is 10.0. The third kappa shape index (κ3) is 2.07. The largest absolute Gasteiger partial charge is 0.364 e. The van der Waals surface area contributed by atoms with E-state index in [1.807, 2.05) is 12.1 Å². The van der Waals surface area contributed by atoms with E-state index < -0.39 is 5.91 Å². The van der Waals surface area contributed by atoms with Gasteiger partial charge in [0, 0.05) is 34.1 Å². The van der Waals surface area contributed by atoms with Crippen LogP contribution in [0, 0.1) is 0 Å². The van der Waals surface area contributed by atoms with E-state index in [1.165, 1.54) is 0 Å². The number of H-pyrrole nitrogens is 1. The minimum Gasteiger partial charge on any atom is -0.364 e. The Balaban J connectivity index is 2.10. The number of primary amides is 1. The molecule has 1 aromatic carbocycles. The molecule has 0 unspecified atom stereocenters. The fourth-order valence-electron chi connectivity index (χ4n) is 3.12. The smallest absolute Gasteiger partial charge is 0.267 e. The lowest BCUT2D eigenvalue weighted by Gasteiger charge is -2.08. The maximum Gasteiger partial charge on any atom is 0.267 e. The van der Waals surface area contributed by atoms with Gasteiger partial charge in [-0.1, -0.05) is 18.2 Å². The maximum absolute atomic E-state index is 11.6. The Morgan fingerprint density at radius 3 is 2.75 bits per heavy atom. The number of nitrogens with two attached hydrogens (primary N) is 1. The second-order valence-electron chi connectivity index (χ2n) is 6.11. The molecular weight excluding hydrogens is 302 g/mol. The van der Waals surface area contributed by atoms with Gasteiger partial charge in [0.25, 0.3) is 5.91 Å². The topological polar surface area (TPSA) is 89.6 Å². The number of hydrogen-bond acceptors (Lipinski definition) is 3. The highest BCUT2D eigenvalue weighted by Crippen LogP contribution is 2.36. The van der Waals surface area contributed by atoms with Crippen molar-refractivity contribution in [1.82, 2.24) is 19.7 Å². The molecule has 0 radical (unpaired) electrons. The van der Waals surface area contributed by atoms with Crippen LogP contribution in [0.4, 0.5) is 0 Å². The molecule has 0 aliphatic heterocycles. The molecule has 3 aromatic heterocycles. The number of benzene rings is 1. The molecule has 0 spiro atoms. The van der Waals surface area contributed by atoms with Crippen LogP contribution in [0.15, 0.2) is 42.7 Å². The average Bonchev–Trinajstić information content (AvgIpc) is 3.18. The Morgan fingerprint density at radius 2 is 2.00 bits per heavy atom. The molecule has 1 amide bonds. The van der Waals surface area contributed by atoms with Crippen LogP contribution in [-0.2, 0) is 0 Å². The molecule has 24 heavy (non-hydrogen) atoms. The third-order valence-electron chi connectivity index (χ3n) is 4.26. The summed E-state index contributed by atoms with van der Waals surface area (Å²) in [6.07, 6.45) is 3.84. The third-order valence-corrected chi connectivity index (χ3v) is 4.26. The molecule has 0 aliphatic carbocycles. The van der Waals surface area contributed by atoms with Gasteiger partial charge in [0.2, 0.25) is 0 Å². The number of carbonyl (C=O) groups excluding carboxylic acids is 1. The van der Waals surface area contributed by atoms with E-state index in [1.54, 1.807) is 12.3 Å². The van der Waals surface area contributed by atoms with Gasteiger partial charge in [-0.2, -0.15) is 5.10 Å². The molecule has 3 N–H and O–H groups in total. The first-order valence-electron chi connectivity index (χ1n) is 7.80. The number of carbonyl (C=O) groups is 1. The Labute approximate surface area is 138 Å². The van der Waals surface area contributed by atoms with Crippen LogP contribution < -0.4 is 5.73 Å². The van der Waals surface area contributed by atoms with E-state index in [-0.39, 0.29) is 5.69 Å². The highest BCUT2D eigenvalue weighted by Gasteiger charge is 2.17. The van der Waals surface area contributed by atoms with Gasteiger partial charge in [0.1, 0.15) is 5.69 Å². The van der Waals surface area contributed by atoms with Gasteiger partial charge in [0.15, 0.2) is 5.65 Å². The zero-order valence-corrected chi connectivity index (χ0v) is 13.4. The molecule has 6 nitrogen and oxygen atoms in total. The molecule has 0 saturated carbocycles. The van der Waals surface area contributed by atoms with Crippen LogP contribution in [0.1, 0.15) is 30.4 Å². The summed E-state index contributed by atoms with van der Waals surface area (Å²) in [5.41, 5.74) is 9.32. The Morgan fingerprint density at radius 1 is 1.21 bits per heavy atom. The first kappa shape index (κ1) is 14.4. The van der Waals surface area contributed by atoms with Crippen LogP contribution in [0.2, 0.25) is 0 Å². The number of nitrogens with one attached hydrogen (secondary N) is 1. The standard InChI is InChI=1S/C18H17N5O/c1-10(2)23-9-14(11-5-3-4-6-16(11)23)12-7-15(17(19)24)21-18-13(12)8-20-22-18/h3-10H,1-2H3,(H2,19,24)(H,20,21,22). The Bertz CT molecular complexity index is 1070. The summed E-state index contributed by atoms with van der Waals surface area (Å²) >= 11 is 0. The summed E-state index contributed by atoms with van der Waals surface area (Å²) in [4.78, 5) is 15.9. The van der Waals surface area contributed by atoms with Crippen molar-refractivity contribution in [3.63, 3.8) is 0 Å². The second kappa shape index (κ2) is 5.19. The van der Waals surface area contributed by atoms with Crippen molar-refractivity contribution in [1.29, 1.82) is 0 Å². The fourth-order valence-corrected chi connectivity index (χ4v) is 3.12. The summed E-state index contributed by atoms with van der Waals surface area (Å²) in [6, 6.07) is 10.3. The van der Waals surface area contributed by atoms with E-state index in [2.05, 4.69) is 51.9 Å². The van der Waals surface area contributed by atoms with Crippen LogP contribution in [0.5, 0.6) is 0 Å². The highest BCUT2D eigenvalue weighted by molar-refractivity contribution is 6.06. The first-order chi connectivity index (χ1) is 11.6. The molecule has 4 aromatic rings. The van der Waals surface area contributed by atoms with Crippen LogP contribution in [-0.4, -0.2) is 25.7 Å². The van der Waals surface area contributed by atoms with Crippen molar-refractivity contribution in [2.75, 3.05) is 0 Å². The highest BCUT2D eigenvalue weighted by atomic mass is 16.1. The van der Waals surface area contributed by atoms with Crippen molar-refractivity contribution in [2.24, 2.45) is 5.73 Å². The van der Waals surface area contributed by atoms with Gasteiger partial charge >= 0.3 is 0 Å². The number of amides is 1. The molecule has 4 rings (SSSR count). The van der Waals surface area contributed by atoms with E-state index in [0.29, 0.717) is 11.7 Å². The Kier molecular flexibility index (Phi) is 3.13. The van der Waals surface area contributed by atoms with Gasteiger partial charge in [-0.05, 0) is 31.5 Å². The van der Waals surface area contributed by atoms with Crippen molar-refractivity contribution in [3.05, 3.63) is 48.4 Å². The molecule has 0 fully saturated rings. The monoisotopic (exact) mass is 319 g/mol. The summed E-state index contributed by atoms with van der Waals surface area (Å²) in [7, 11) is 0. The van der Waals surface area contributed by atoms with E-state index >= 15 is 0 Å². The van der Waals surface area contributed by atoms with Gasteiger partial charge in [0.05, 0.1) is 6.20 Å². The summed E-state index contributed by atoms with van der Waals surface area (Å²) < 4.78 is 2.22. The molecule has 3 heterocycles. The molecule has 0 bridgehead atoms. The van der Waals surface area contributed by atoms with E-state index in [4.69, 9.17) is 5.73 Å². The number of fused-ring (bicyclic) bond motifs is 2. The maximum atomic E-state index is 11.6. The van der Waals surface area contributed by atoms with E-state index in [9.17, 15) is 4.79 Å². The van der Waals surface area contributed by atoms with Crippen molar-refractivity contribution >= 4 is 27.8 Å². The van der Waals surface area contributed by atoms with Crippen molar-refractivity contribution in [2.45, 2.75) is 19.9 Å². The van der Waals surface area contributed by atoms with Crippen LogP contribution in [0.3, 0.4) is 0 Å². The van der Waals surface area contributed by atoms with Crippen molar-refractivity contribution < 1.29 is 4.79 Å². The number of pyridine rings is 1. The molecular formula is C18H17N5O. The van der Waals surface area contributed by atoms with Crippen LogP contribution >= 0.6 is 0 Å². The average molecular weight is 319 g/mol. The lowest BCUT2D eigenvalue weighted by molar-refractivity contribution is 0.0996. The minimum absolute atomic E-state index is 0.225.